The van der Waals surface area contributed by atoms with Gasteiger partial charge in [-0.15, -0.1) is 0 Å². The lowest BCUT2D eigenvalue weighted by atomic mass is 9.84. The Kier molecular flexibility index (Phi) is 10.0. The fraction of sp³-hybridized carbons (Fsp3) is 0.533. The summed E-state index contributed by atoms with van der Waals surface area (Å²) in [6, 6.07) is 9.07. The van der Waals surface area contributed by atoms with E-state index >= 15 is 0 Å². The highest BCUT2D eigenvalue weighted by molar-refractivity contribution is 6.30. The van der Waals surface area contributed by atoms with Gasteiger partial charge in [0, 0.05) is 30.1 Å². The molecule has 3 amide bonds. The minimum absolute atomic E-state index is 0.0955. The molecule has 218 valence electrons. The van der Waals surface area contributed by atoms with Gasteiger partial charge >= 0.3 is 11.9 Å². The van der Waals surface area contributed by atoms with Gasteiger partial charge in [0.05, 0.1) is 13.7 Å². The number of hydrogen-bond acceptors (Lipinski definition) is 5. The van der Waals surface area contributed by atoms with E-state index in [1.54, 1.807) is 30.3 Å². The quantitative estimate of drug-likeness (QED) is 0.298. The number of likely N-dealkylation sites (tertiary alicyclic amines) is 1. The van der Waals surface area contributed by atoms with Crippen LogP contribution in [0.2, 0.25) is 5.02 Å². The zero-order valence-corrected chi connectivity index (χ0v) is 23.8. The number of imide groups is 1. The van der Waals surface area contributed by atoms with Crippen LogP contribution >= 0.6 is 11.6 Å². The molecule has 1 heterocycles. The number of benzene rings is 2. The number of rotatable bonds is 9. The van der Waals surface area contributed by atoms with Crippen LogP contribution in [-0.2, 0) is 11.3 Å². The summed E-state index contributed by atoms with van der Waals surface area (Å²) in [6.07, 6.45) is 1.94. The van der Waals surface area contributed by atoms with Crippen molar-refractivity contribution < 1.29 is 32.7 Å². The van der Waals surface area contributed by atoms with E-state index in [9.17, 15) is 23.5 Å². The summed E-state index contributed by atoms with van der Waals surface area (Å²) in [6.45, 7) is 2.06. The molecule has 1 aliphatic heterocycles. The van der Waals surface area contributed by atoms with Crippen molar-refractivity contribution in [3.8, 4) is 5.75 Å². The van der Waals surface area contributed by atoms with E-state index in [-0.39, 0.29) is 24.1 Å². The fourth-order valence-corrected chi connectivity index (χ4v) is 6.37. The summed E-state index contributed by atoms with van der Waals surface area (Å²) in [7, 11) is 1.53. The first kappa shape index (κ1) is 30.2. The molecule has 2 fully saturated rings. The van der Waals surface area contributed by atoms with E-state index in [1.807, 2.05) is 6.92 Å². The number of nitrogens with one attached hydrogen (secondary N) is 2. The summed E-state index contributed by atoms with van der Waals surface area (Å²) in [5, 5.41) is 17.1. The zero-order valence-electron chi connectivity index (χ0n) is 23.0. The third-order valence-electron chi connectivity index (χ3n) is 8.52. The van der Waals surface area contributed by atoms with Gasteiger partial charge in [0.15, 0.2) is 6.10 Å². The number of carbonyl (C=O) groups excluding carboxylic acids is 2. The smallest absolute Gasteiger partial charge is 0.424 e. The highest BCUT2D eigenvalue weighted by Gasteiger charge is 2.55. The molecule has 4 rings (SSSR count). The molecular formula is C30H39ClF2N3O4+. The van der Waals surface area contributed by atoms with Gasteiger partial charge in [-0.1, -0.05) is 36.9 Å². The average molecular weight is 579 g/mol. The van der Waals surface area contributed by atoms with Crippen LogP contribution in [0.15, 0.2) is 42.5 Å². The first-order chi connectivity index (χ1) is 19.2. The number of methoxy groups -OCH3 is 1. The van der Waals surface area contributed by atoms with Crippen LogP contribution in [0.4, 0.5) is 19.3 Å². The lowest BCUT2D eigenvalue weighted by Crippen LogP contribution is -2.66. The van der Waals surface area contributed by atoms with Crippen molar-refractivity contribution in [2.45, 2.75) is 83.0 Å². The topological polar surface area (TPSA) is 87.7 Å². The fourth-order valence-electron chi connectivity index (χ4n) is 6.18. The molecule has 0 aromatic heterocycles. The summed E-state index contributed by atoms with van der Waals surface area (Å²) in [5.41, 5.74) is 1.18. The molecule has 2 aromatic carbocycles. The molecule has 40 heavy (non-hydrogen) atoms. The normalized spacial score (nSPS) is 23.0. The Labute approximate surface area is 239 Å². The van der Waals surface area contributed by atoms with Crippen LogP contribution in [0.1, 0.15) is 69.0 Å². The van der Waals surface area contributed by atoms with Crippen molar-refractivity contribution >= 4 is 29.2 Å². The monoisotopic (exact) mass is 578 g/mol. The number of aliphatic hydroxyl groups is 1. The second-order valence-corrected chi connectivity index (χ2v) is 11.4. The number of quaternary nitrogens is 1. The number of anilines is 1. The molecule has 0 spiro atoms. The number of ether oxygens (including phenoxy) is 1. The Morgan fingerprint density at radius 2 is 1.77 bits per heavy atom. The number of alkyl halides is 2. The van der Waals surface area contributed by atoms with Crippen molar-refractivity contribution in [3.05, 3.63) is 58.6 Å². The van der Waals surface area contributed by atoms with Gasteiger partial charge in [-0.2, -0.15) is 4.48 Å². The van der Waals surface area contributed by atoms with Gasteiger partial charge in [0.25, 0.3) is 6.43 Å². The van der Waals surface area contributed by atoms with E-state index in [4.69, 9.17) is 16.3 Å². The molecule has 4 atom stereocenters. The zero-order chi connectivity index (χ0) is 28.9. The Hall–Kier alpha value is -2.75. The SMILES string of the molecule is COc1ccc(NC(c2ccc(Cl)cc2CNC(=O)[N+]2(C(=O)[C@H](O)C3CCCCC3)CCC[C@H]2C)C(F)F)cc1. The van der Waals surface area contributed by atoms with Crippen molar-refractivity contribution in [2.24, 2.45) is 5.92 Å². The molecule has 0 radical (unpaired) electrons. The molecule has 1 saturated carbocycles. The number of carbonyl (C=O) groups is 2. The Morgan fingerprint density at radius 1 is 1.07 bits per heavy atom. The van der Waals surface area contributed by atoms with Crippen molar-refractivity contribution in [2.75, 3.05) is 19.0 Å². The number of amides is 3. The molecule has 7 nitrogen and oxygen atoms in total. The largest absolute Gasteiger partial charge is 0.497 e. The summed E-state index contributed by atoms with van der Waals surface area (Å²) < 4.78 is 33.4. The highest BCUT2D eigenvalue weighted by Crippen LogP contribution is 2.35. The van der Waals surface area contributed by atoms with E-state index in [0.717, 1.165) is 32.1 Å². The van der Waals surface area contributed by atoms with Gasteiger partial charge in [-0.25, -0.2) is 18.4 Å². The maximum Gasteiger partial charge on any atom is 0.424 e. The third kappa shape index (κ3) is 6.42. The van der Waals surface area contributed by atoms with E-state index in [1.165, 1.54) is 19.2 Å². The highest BCUT2D eigenvalue weighted by atomic mass is 35.5. The molecule has 3 N–H and O–H groups in total. The number of hydrogen-bond donors (Lipinski definition) is 3. The van der Waals surface area contributed by atoms with Gasteiger partial charge in [-0.3, -0.25) is 0 Å². The van der Waals surface area contributed by atoms with Crippen LogP contribution < -0.4 is 15.4 Å². The molecule has 2 unspecified atom stereocenters. The first-order valence-electron chi connectivity index (χ1n) is 14.0. The number of nitrogens with zero attached hydrogens (tertiary/aromatic N) is 1. The molecule has 1 aliphatic carbocycles. The van der Waals surface area contributed by atoms with Crippen LogP contribution in [-0.4, -0.2) is 53.8 Å². The molecule has 2 aromatic rings. The second kappa shape index (κ2) is 13.3. The summed E-state index contributed by atoms with van der Waals surface area (Å²) >= 11 is 6.24. The Bertz CT molecular complexity index is 1180. The predicted octanol–water partition coefficient (Wildman–Crippen LogP) is 6.44. The van der Waals surface area contributed by atoms with Crippen molar-refractivity contribution in [1.29, 1.82) is 0 Å². The maximum absolute atomic E-state index is 14.3. The second-order valence-electron chi connectivity index (χ2n) is 11.0. The number of urea groups is 1. The molecule has 10 heteroatoms. The molecule has 0 bridgehead atoms. The maximum atomic E-state index is 14.3. The first-order valence-corrected chi connectivity index (χ1v) is 14.4. The van der Waals surface area contributed by atoms with Crippen molar-refractivity contribution in [1.82, 2.24) is 5.32 Å². The van der Waals surface area contributed by atoms with E-state index in [2.05, 4.69) is 10.6 Å². The van der Waals surface area contributed by atoms with Crippen molar-refractivity contribution in [3.63, 3.8) is 0 Å². The van der Waals surface area contributed by atoms with Crippen LogP contribution in [0, 0.1) is 5.92 Å². The van der Waals surface area contributed by atoms with Gasteiger partial charge in [0.2, 0.25) is 0 Å². The molecule has 1 saturated heterocycles. The van der Waals surface area contributed by atoms with Gasteiger partial charge in [0.1, 0.15) is 17.8 Å². The third-order valence-corrected chi connectivity index (χ3v) is 8.76. The van der Waals surface area contributed by atoms with Crippen LogP contribution in [0.5, 0.6) is 5.75 Å². The van der Waals surface area contributed by atoms with E-state index < -0.39 is 35.0 Å². The minimum Gasteiger partial charge on any atom is -0.497 e. The molecule has 2 aliphatic rings. The van der Waals surface area contributed by atoms with Gasteiger partial charge < -0.3 is 20.5 Å². The average Bonchev–Trinajstić information content (AvgIpc) is 3.36. The van der Waals surface area contributed by atoms with Crippen LogP contribution in [0.3, 0.4) is 0 Å². The number of halogens is 3. The molecular weight excluding hydrogens is 540 g/mol. The van der Waals surface area contributed by atoms with Crippen LogP contribution in [0.25, 0.3) is 0 Å². The Balaban J connectivity index is 1.56. The lowest BCUT2D eigenvalue weighted by Gasteiger charge is -2.36. The number of aliphatic hydroxyl groups excluding tert-OH is 1. The minimum atomic E-state index is -2.76. The summed E-state index contributed by atoms with van der Waals surface area (Å²) in [5.74, 6) is -0.00931. The Morgan fingerprint density at radius 3 is 2.38 bits per heavy atom. The van der Waals surface area contributed by atoms with Gasteiger partial charge in [-0.05, 0) is 73.2 Å². The lowest BCUT2D eigenvalue weighted by molar-refractivity contribution is -0.787. The summed E-state index contributed by atoms with van der Waals surface area (Å²) in [4.78, 5) is 27.5. The predicted molar refractivity (Wildman–Crippen MR) is 150 cm³/mol. The van der Waals surface area contributed by atoms with E-state index in [0.29, 0.717) is 41.4 Å². The standard InChI is InChI=1S/C30H38ClF2N3O4/c1-19-7-6-16-36(19,29(38)27(37)20-8-4-3-5-9-20)30(39)34-18-21-17-22(31)10-15-25(21)26(28(32)33)35-23-11-13-24(40-2)14-12-23/h10-15,17,19-20,26-28,35,37H,3-9,16,18H2,1-2H3/p+1/t19-,26?,27-,36?/m1/s1.